The third-order valence-corrected chi connectivity index (χ3v) is 0.714. The van der Waals surface area contributed by atoms with Gasteiger partial charge in [-0.1, -0.05) is 22.6 Å². The zero-order chi connectivity index (χ0) is 5.86. The predicted octanol–water partition coefficient (Wildman–Crippen LogP) is 0.904. The topological polar surface area (TPSA) is 29.1 Å². The Morgan fingerprint density at radius 1 is 1.86 bits per heavy atom. The Morgan fingerprint density at radius 3 is 2.29 bits per heavy atom. The molecular weight excluding hydrogens is 205 g/mol. The smallest absolute Gasteiger partial charge is 0.217 e. The van der Waals surface area contributed by atoms with E-state index in [-0.39, 0.29) is 9.96 Å². The van der Waals surface area contributed by atoms with Crippen molar-refractivity contribution < 1.29 is 4.79 Å². The molecule has 1 amide bonds. The minimum atomic E-state index is 0.0295. The lowest BCUT2D eigenvalue weighted by Crippen LogP contribution is -2.24. The van der Waals surface area contributed by atoms with Crippen molar-refractivity contribution >= 4 is 28.5 Å². The fraction of sp³-hybridized carbons (Fsp3) is 0.750. The molecule has 0 bridgehead atoms. The van der Waals surface area contributed by atoms with Crippen LogP contribution in [0.15, 0.2) is 0 Å². The molecule has 7 heavy (non-hydrogen) atoms. The fourth-order valence-corrected chi connectivity index (χ4v) is 0.719. The Hall–Kier alpha value is 0.200. The van der Waals surface area contributed by atoms with Gasteiger partial charge in [-0.05, 0) is 6.92 Å². The highest BCUT2D eigenvalue weighted by Crippen LogP contribution is 1.90. The maximum Gasteiger partial charge on any atom is 0.217 e. The van der Waals surface area contributed by atoms with Gasteiger partial charge in [0, 0.05) is 6.92 Å². The molecule has 1 N–H and O–H groups in total. The molecule has 0 saturated carbocycles. The summed E-state index contributed by atoms with van der Waals surface area (Å²) in [7, 11) is 0. The summed E-state index contributed by atoms with van der Waals surface area (Å²) >= 11 is 2.13. The van der Waals surface area contributed by atoms with Crippen molar-refractivity contribution in [1.29, 1.82) is 0 Å². The lowest BCUT2D eigenvalue weighted by Gasteiger charge is -2.00. The van der Waals surface area contributed by atoms with Crippen molar-refractivity contribution in [3.8, 4) is 0 Å². The molecule has 0 aliphatic heterocycles. The van der Waals surface area contributed by atoms with Crippen LogP contribution >= 0.6 is 22.6 Å². The van der Waals surface area contributed by atoms with Crippen molar-refractivity contribution in [2.75, 3.05) is 0 Å². The molecule has 0 aromatic carbocycles. The second-order valence-electron chi connectivity index (χ2n) is 1.32. The van der Waals surface area contributed by atoms with Gasteiger partial charge in [0.15, 0.2) is 0 Å². The SMILES string of the molecule is CC(=O)NC(C)I. The van der Waals surface area contributed by atoms with E-state index < -0.39 is 0 Å². The molecule has 0 radical (unpaired) electrons. The van der Waals surface area contributed by atoms with E-state index in [1.165, 1.54) is 6.92 Å². The molecule has 1 atom stereocenters. The van der Waals surface area contributed by atoms with Gasteiger partial charge in [0.2, 0.25) is 5.91 Å². The second kappa shape index (κ2) is 3.23. The summed E-state index contributed by atoms with van der Waals surface area (Å²) in [6.07, 6.45) is 0. The Balaban J connectivity index is 3.13. The van der Waals surface area contributed by atoms with Crippen molar-refractivity contribution in [3.63, 3.8) is 0 Å². The van der Waals surface area contributed by atoms with E-state index in [1.807, 2.05) is 6.92 Å². The first kappa shape index (κ1) is 7.20. The summed E-state index contributed by atoms with van der Waals surface area (Å²) in [5.74, 6) is 0.0295. The molecule has 0 aromatic rings. The fourth-order valence-electron chi connectivity index (χ4n) is 0.280. The van der Waals surface area contributed by atoms with Gasteiger partial charge < -0.3 is 5.32 Å². The van der Waals surface area contributed by atoms with E-state index in [4.69, 9.17) is 0 Å². The number of carbonyl (C=O) groups excluding carboxylic acids is 1. The Morgan fingerprint density at radius 2 is 2.29 bits per heavy atom. The van der Waals surface area contributed by atoms with Crippen LogP contribution in [0.25, 0.3) is 0 Å². The van der Waals surface area contributed by atoms with E-state index in [0.717, 1.165) is 0 Å². The highest BCUT2D eigenvalue weighted by Gasteiger charge is 1.92. The second-order valence-corrected chi connectivity index (χ2v) is 3.18. The van der Waals surface area contributed by atoms with Crippen molar-refractivity contribution in [1.82, 2.24) is 5.32 Å². The molecule has 2 nitrogen and oxygen atoms in total. The molecule has 0 spiro atoms. The highest BCUT2D eigenvalue weighted by molar-refractivity contribution is 14.1. The molecule has 1 unspecified atom stereocenters. The van der Waals surface area contributed by atoms with Gasteiger partial charge in [-0.15, -0.1) is 0 Å². The molecule has 42 valence electrons. The number of halogens is 1. The summed E-state index contributed by atoms with van der Waals surface area (Å²) in [5.41, 5.74) is 0. The molecule has 0 aliphatic carbocycles. The molecule has 0 aliphatic rings. The number of hydrogen-bond donors (Lipinski definition) is 1. The van der Waals surface area contributed by atoms with Crippen LogP contribution in [0, 0.1) is 0 Å². The lowest BCUT2D eigenvalue weighted by atomic mass is 10.6. The van der Waals surface area contributed by atoms with Crippen LogP contribution in [0.5, 0.6) is 0 Å². The Kier molecular flexibility index (Phi) is 3.33. The first-order valence-corrected chi connectivity index (χ1v) is 3.28. The first-order valence-electron chi connectivity index (χ1n) is 2.04. The highest BCUT2D eigenvalue weighted by atomic mass is 127. The monoisotopic (exact) mass is 213 g/mol. The van der Waals surface area contributed by atoms with Crippen molar-refractivity contribution in [2.24, 2.45) is 0 Å². The van der Waals surface area contributed by atoms with E-state index in [2.05, 4.69) is 27.9 Å². The number of nitrogens with one attached hydrogen (secondary N) is 1. The molecule has 0 rings (SSSR count). The summed E-state index contributed by atoms with van der Waals surface area (Å²) in [6, 6.07) is 0. The maximum atomic E-state index is 10.1. The Bertz CT molecular complexity index is 72.1. The number of carbonyl (C=O) groups is 1. The number of hydrogen-bond acceptors (Lipinski definition) is 1. The average molecular weight is 213 g/mol. The zero-order valence-electron chi connectivity index (χ0n) is 4.36. The van der Waals surface area contributed by atoms with Crippen LogP contribution < -0.4 is 5.32 Å². The van der Waals surface area contributed by atoms with E-state index in [0.29, 0.717) is 0 Å². The van der Waals surface area contributed by atoms with Crippen LogP contribution in [0.2, 0.25) is 0 Å². The van der Waals surface area contributed by atoms with Crippen LogP contribution in [0.3, 0.4) is 0 Å². The van der Waals surface area contributed by atoms with Gasteiger partial charge in [-0.2, -0.15) is 0 Å². The van der Waals surface area contributed by atoms with Gasteiger partial charge >= 0.3 is 0 Å². The van der Waals surface area contributed by atoms with Gasteiger partial charge in [-0.25, -0.2) is 0 Å². The normalized spacial score (nSPS) is 13.0. The summed E-state index contributed by atoms with van der Waals surface area (Å²) in [5, 5.41) is 2.65. The Labute approximate surface area is 56.8 Å². The standard InChI is InChI=1S/C4H8INO/c1-3(5)6-4(2)7/h3H,1-2H3,(H,6,7). The summed E-state index contributed by atoms with van der Waals surface area (Å²) < 4.78 is 0.245. The number of amides is 1. The third kappa shape index (κ3) is 6.20. The van der Waals surface area contributed by atoms with Crippen LogP contribution in [0.4, 0.5) is 0 Å². The molecule has 0 fully saturated rings. The molecule has 0 heterocycles. The van der Waals surface area contributed by atoms with Gasteiger partial charge in [0.05, 0.1) is 4.05 Å². The summed E-state index contributed by atoms with van der Waals surface area (Å²) in [4.78, 5) is 10.1. The third-order valence-electron chi connectivity index (χ3n) is 0.402. The molecule has 0 saturated heterocycles. The van der Waals surface area contributed by atoms with E-state index >= 15 is 0 Å². The minimum Gasteiger partial charge on any atom is -0.345 e. The van der Waals surface area contributed by atoms with Gasteiger partial charge in [0.25, 0.3) is 0 Å². The molecular formula is C4H8INO. The van der Waals surface area contributed by atoms with Crippen molar-refractivity contribution in [2.45, 2.75) is 17.9 Å². The van der Waals surface area contributed by atoms with Gasteiger partial charge in [0.1, 0.15) is 0 Å². The van der Waals surface area contributed by atoms with Gasteiger partial charge in [-0.3, -0.25) is 4.79 Å². The summed E-state index contributed by atoms with van der Waals surface area (Å²) in [6.45, 7) is 3.43. The van der Waals surface area contributed by atoms with Crippen LogP contribution in [0.1, 0.15) is 13.8 Å². The zero-order valence-corrected chi connectivity index (χ0v) is 6.52. The molecule has 0 aromatic heterocycles. The largest absolute Gasteiger partial charge is 0.345 e. The van der Waals surface area contributed by atoms with Crippen molar-refractivity contribution in [3.05, 3.63) is 0 Å². The average Bonchev–Trinajstić information content (AvgIpc) is 1.27. The number of rotatable bonds is 1. The van der Waals surface area contributed by atoms with Crippen LogP contribution in [-0.2, 0) is 4.79 Å². The maximum absolute atomic E-state index is 10.1. The molecule has 3 heteroatoms. The first-order chi connectivity index (χ1) is 3.13. The van der Waals surface area contributed by atoms with E-state index in [9.17, 15) is 4.79 Å². The predicted molar refractivity (Wildman–Crippen MR) is 37.3 cm³/mol. The van der Waals surface area contributed by atoms with Crippen LogP contribution in [-0.4, -0.2) is 9.96 Å². The van der Waals surface area contributed by atoms with E-state index in [1.54, 1.807) is 0 Å². The minimum absolute atomic E-state index is 0.0295. The quantitative estimate of drug-likeness (QED) is 0.391. The lowest BCUT2D eigenvalue weighted by molar-refractivity contribution is -0.118. The number of alkyl halides is 1.